The number of nitrogens with one attached hydrogen (secondary N) is 2. The van der Waals surface area contributed by atoms with E-state index in [1.807, 2.05) is 19.9 Å². The van der Waals surface area contributed by atoms with E-state index in [1.54, 1.807) is 19.2 Å². The van der Waals surface area contributed by atoms with Crippen molar-refractivity contribution in [2.45, 2.75) is 26.4 Å². The maximum atomic E-state index is 10.6. The van der Waals surface area contributed by atoms with Crippen LogP contribution in [-0.2, 0) is 6.54 Å². The number of hydrogen-bond acceptors (Lipinski definition) is 3. The van der Waals surface area contributed by atoms with E-state index in [4.69, 9.17) is 0 Å². The van der Waals surface area contributed by atoms with Crippen LogP contribution in [0, 0.1) is 10.1 Å². The lowest BCUT2D eigenvalue weighted by molar-refractivity contribution is -0.384. The Morgan fingerprint density at radius 1 is 1.50 bits per heavy atom. The van der Waals surface area contributed by atoms with Crippen LogP contribution in [0.15, 0.2) is 29.3 Å². The van der Waals surface area contributed by atoms with E-state index < -0.39 is 4.92 Å². The molecule has 0 spiro atoms. The summed E-state index contributed by atoms with van der Waals surface area (Å²) in [5, 5.41) is 16.9. The first-order valence-electron chi connectivity index (χ1n) is 5.73. The highest BCUT2D eigenvalue weighted by Gasteiger charge is 2.06. The summed E-state index contributed by atoms with van der Waals surface area (Å²) in [4.78, 5) is 14.3. The number of rotatable bonds is 4. The van der Waals surface area contributed by atoms with Crippen LogP contribution in [0.25, 0.3) is 0 Å². The molecule has 1 aromatic carbocycles. The third kappa shape index (κ3) is 4.40. The predicted octanol–water partition coefficient (Wildman–Crippen LogP) is 1.67. The third-order valence-corrected chi connectivity index (χ3v) is 2.23. The first-order valence-corrected chi connectivity index (χ1v) is 5.73. The second-order valence-corrected chi connectivity index (χ2v) is 4.15. The summed E-state index contributed by atoms with van der Waals surface area (Å²) >= 11 is 0. The molecule has 18 heavy (non-hydrogen) atoms. The van der Waals surface area contributed by atoms with E-state index in [2.05, 4.69) is 15.6 Å². The average Bonchev–Trinajstić information content (AvgIpc) is 2.34. The molecule has 0 atom stereocenters. The SMILES string of the molecule is CN=C(NCc1cccc([N+](=O)[O-])c1)NC(C)C. The van der Waals surface area contributed by atoms with Crippen LogP contribution < -0.4 is 10.6 Å². The zero-order valence-corrected chi connectivity index (χ0v) is 10.8. The molecule has 0 aliphatic rings. The Morgan fingerprint density at radius 2 is 2.22 bits per heavy atom. The maximum absolute atomic E-state index is 10.6. The van der Waals surface area contributed by atoms with Crippen molar-refractivity contribution in [3.05, 3.63) is 39.9 Å². The number of non-ortho nitro benzene ring substituents is 1. The number of guanidine groups is 1. The Labute approximate surface area is 106 Å². The van der Waals surface area contributed by atoms with Crippen molar-refractivity contribution in [2.75, 3.05) is 7.05 Å². The van der Waals surface area contributed by atoms with Gasteiger partial charge in [0.05, 0.1) is 4.92 Å². The first kappa shape index (κ1) is 14.0. The average molecular weight is 250 g/mol. The van der Waals surface area contributed by atoms with Gasteiger partial charge < -0.3 is 10.6 Å². The highest BCUT2D eigenvalue weighted by atomic mass is 16.6. The van der Waals surface area contributed by atoms with Crippen LogP contribution >= 0.6 is 0 Å². The molecule has 0 aliphatic heterocycles. The van der Waals surface area contributed by atoms with E-state index in [-0.39, 0.29) is 11.7 Å². The van der Waals surface area contributed by atoms with Gasteiger partial charge in [-0.2, -0.15) is 0 Å². The van der Waals surface area contributed by atoms with Crippen LogP contribution in [0.5, 0.6) is 0 Å². The molecule has 0 aromatic heterocycles. The van der Waals surface area contributed by atoms with E-state index in [9.17, 15) is 10.1 Å². The van der Waals surface area contributed by atoms with Crippen molar-refractivity contribution in [1.82, 2.24) is 10.6 Å². The Bertz CT molecular complexity index is 443. The fourth-order valence-electron chi connectivity index (χ4n) is 1.43. The van der Waals surface area contributed by atoms with Crippen LogP contribution in [0.1, 0.15) is 19.4 Å². The standard InChI is InChI=1S/C12H18N4O2/c1-9(2)15-12(13-3)14-8-10-5-4-6-11(7-10)16(17)18/h4-7,9H,8H2,1-3H3,(H2,13,14,15). The van der Waals surface area contributed by atoms with Gasteiger partial charge in [0.15, 0.2) is 5.96 Å². The van der Waals surface area contributed by atoms with E-state index in [0.29, 0.717) is 12.5 Å². The Morgan fingerprint density at radius 3 is 2.78 bits per heavy atom. The number of nitro groups is 1. The van der Waals surface area contributed by atoms with Gasteiger partial charge in [-0.1, -0.05) is 12.1 Å². The summed E-state index contributed by atoms with van der Waals surface area (Å²) < 4.78 is 0. The summed E-state index contributed by atoms with van der Waals surface area (Å²) in [5.74, 6) is 0.677. The van der Waals surface area contributed by atoms with Crippen LogP contribution in [0.2, 0.25) is 0 Å². The van der Waals surface area contributed by atoms with Crippen molar-refractivity contribution >= 4 is 11.6 Å². The van der Waals surface area contributed by atoms with Crippen LogP contribution in [0.3, 0.4) is 0 Å². The topological polar surface area (TPSA) is 79.6 Å². The number of nitro benzene ring substituents is 1. The van der Waals surface area contributed by atoms with Gasteiger partial charge in [-0.15, -0.1) is 0 Å². The van der Waals surface area contributed by atoms with Gasteiger partial charge >= 0.3 is 0 Å². The van der Waals surface area contributed by atoms with E-state index in [1.165, 1.54) is 6.07 Å². The molecular weight excluding hydrogens is 232 g/mol. The van der Waals surface area contributed by atoms with E-state index in [0.717, 1.165) is 5.56 Å². The molecule has 0 amide bonds. The quantitative estimate of drug-likeness (QED) is 0.369. The number of nitrogens with zero attached hydrogens (tertiary/aromatic N) is 2. The van der Waals surface area contributed by atoms with Gasteiger partial charge in [0.25, 0.3) is 5.69 Å². The highest BCUT2D eigenvalue weighted by Crippen LogP contribution is 2.12. The summed E-state index contributed by atoms with van der Waals surface area (Å²) in [5.41, 5.74) is 0.942. The molecule has 0 heterocycles. The van der Waals surface area contributed by atoms with Crippen LogP contribution in [0.4, 0.5) is 5.69 Å². The minimum atomic E-state index is -0.398. The van der Waals surface area contributed by atoms with Crippen molar-refractivity contribution in [3.8, 4) is 0 Å². The Balaban J connectivity index is 2.62. The maximum Gasteiger partial charge on any atom is 0.269 e. The molecule has 0 saturated carbocycles. The fourth-order valence-corrected chi connectivity index (χ4v) is 1.43. The zero-order chi connectivity index (χ0) is 13.5. The highest BCUT2D eigenvalue weighted by molar-refractivity contribution is 5.79. The fraction of sp³-hybridized carbons (Fsp3) is 0.417. The molecule has 0 saturated heterocycles. The lowest BCUT2D eigenvalue weighted by atomic mass is 10.2. The van der Waals surface area contributed by atoms with Gasteiger partial charge in [-0.05, 0) is 19.4 Å². The Hall–Kier alpha value is -2.11. The number of hydrogen-bond donors (Lipinski definition) is 2. The molecule has 0 aliphatic carbocycles. The summed E-state index contributed by atoms with van der Waals surface area (Å²) in [6.07, 6.45) is 0. The smallest absolute Gasteiger partial charge is 0.269 e. The van der Waals surface area contributed by atoms with E-state index >= 15 is 0 Å². The van der Waals surface area contributed by atoms with Gasteiger partial charge in [0.2, 0.25) is 0 Å². The monoisotopic (exact) mass is 250 g/mol. The van der Waals surface area contributed by atoms with Crippen LogP contribution in [-0.4, -0.2) is 24.0 Å². The molecule has 2 N–H and O–H groups in total. The lowest BCUT2D eigenvalue weighted by Gasteiger charge is -2.14. The van der Waals surface area contributed by atoms with Crippen molar-refractivity contribution in [1.29, 1.82) is 0 Å². The van der Waals surface area contributed by atoms with Gasteiger partial charge in [-0.25, -0.2) is 0 Å². The van der Waals surface area contributed by atoms with Gasteiger partial charge in [-0.3, -0.25) is 15.1 Å². The predicted molar refractivity (Wildman–Crippen MR) is 71.6 cm³/mol. The molecular formula is C12H18N4O2. The second-order valence-electron chi connectivity index (χ2n) is 4.15. The first-order chi connectivity index (χ1) is 8.52. The lowest BCUT2D eigenvalue weighted by Crippen LogP contribution is -2.40. The second kappa shape index (κ2) is 6.58. The molecule has 0 bridgehead atoms. The van der Waals surface area contributed by atoms with Crippen molar-refractivity contribution in [3.63, 3.8) is 0 Å². The zero-order valence-electron chi connectivity index (χ0n) is 10.8. The molecule has 0 fully saturated rings. The molecule has 0 unspecified atom stereocenters. The number of benzene rings is 1. The summed E-state index contributed by atoms with van der Waals surface area (Å²) in [6.45, 7) is 4.52. The minimum absolute atomic E-state index is 0.0982. The van der Waals surface area contributed by atoms with Crippen molar-refractivity contribution < 1.29 is 4.92 Å². The summed E-state index contributed by atoms with van der Waals surface area (Å²) in [7, 11) is 1.69. The normalized spacial score (nSPS) is 11.4. The Kier molecular flexibility index (Phi) is 5.10. The molecule has 6 nitrogen and oxygen atoms in total. The third-order valence-electron chi connectivity index (χ3n) is 2.23. The van der Waals surface area contributed by atoms with Crippen molar-refractivity contribution in [2.24, 2.45) is 4.99 Å². The number of aliphatic imine (C=N–C) groups is 1. The largest absolute Gasteiger partial charge is 0.354 e. The van der Waals surface area contributed by atoms with Gasteiger partial charge in [0.1, 0.15) is 0 Å². The minimum Gasteiger partial charge on any atom is -0.354 e. The summed E-state index contributed by atoms with van der Waals surface area (Å²) in [6, 6.07) is 6.82. The molecule has 1 rings (SSSR count). The molecule has 0 radical (unpaired) electrons. The van der Waals surface area contributed by atoms with Gasteiger partial charge in [0, 0.05) is 31.8 Å². The molecule has 6 heteroatoms. The molecule has 1 aromatic rings. The molecule has 98 valence electrons.